The lowest BCUT2D eigenvalue weighted by molar-refractivity contribution is -0.117. The van der Waals surface area contributed by atoms with Gasteiger partial charge in [-0.15, -0.1) is 0 Å². The minimum Gasteiger partial charge on any atom is -0.323 e. The quantitative estimate of drug-likeness (QED) is 0.452. The van der Waals surface area contributed by atoms with Crippen molar-refractivity contribution in [2.45, 2.75) is 32.7 Å². The number of amides is 1. The van der Waals surface area contributed by atoms with Gasteiger partial charge >= 0.3 is 0 Å². The highest BCUT2D eigenvalue weighted by Gasteiger charge is 2.35. The number of fused-ring (bicyclic) bond motifs is 1. The van der Waals surface area contributed by atoms with E-state index in [2.05, 4.69) is 22.8 Å². The van der Waals surface area contributed by atoms with E-state index in [1.165, 1.54) is 6.07 Å². The highest BCUT2D eigenvalue weighted by molar-refractivity contribution is 5.96. The van der Waals surface area contributed by atoms with Crippen molar-refractivity contribution in [1.29, 1.82) is 0 Å². The first-order valence-corrected chi connectivity index (χ1v) is 10.6. The van der Waals surface area contributed by atoms with Crippen molar-refractivity contribution in [3.05, 3.63) is 95.1 Å². The van der Waals surface area contributed by atoms with E-state index in [9.17, 15) is 9.18 Å². The third-order valence-corrected chi connectivity index (χ3v) is 5.98. The van der Waals surface area contributed by atoms with Crippen molar-refractivity contribution < 1.29 is 9.18 Å². The number of nitrogens with zero attached hydrogens (tertiary/aromatic N) is 3. The molecule has 1 aliphatic rings. The van der Waals surface area contributed by atoms with Gasteiger partial charge in [-0.05, 0) is 55.3 Å². The lowest BCUT2D eigenvalue weighted by Gasteiger charge is -2.19. The van der Waals surface area contributed by atoms with Gasteiger partial charge in [-0.1, -0.05) is 36.4 Å². The summed E-state index contributed by atoms with van der Waals surface area (Å²) in [6.45, 7) is 5.05. The van der Waals surface area contributed by atoms with Crippen molar-refractivity contribution in [3.8, 4) is 0 Å². The number of benzene rings is 3. The third-order valence-electron chi connectivity index (χ3n) is 5.98. The summed E-state index contributed by atoms with van der Waals surface area (Å²) >= 11 is 0. The summed E-state index contributed by atoms with van der Waals surface area (Å²) in [5.41, 5.74) is 5.64. The largest absolute Gasteiger partial charge is 0.323 e. The molecule has 156 valence electrons. The van der Waals surface area contributed by atoms with E-state index in [0.29, 0.717) is 25.1 Å². The number of carbonyl (C=O) groups is 1. The normalized spacial score (nSPS) is 16.4. The number of carbonyl (C=O) groups excluding carboxylic acids is 1. The minimum atomic E-state index is -0.231. The molecule has 0 radical (unpaired) electrons. The molecule has 0 spiro atoms. The molecule has 4 aromatic rings. The average molecular weight is 413 g/mol. The Morgan fingerprint density at radius 2 is 1.71 bits per heavy atom. The Bertz CT molecular complexity index is 1270. The molecule has 0 aliphatic carbocycles. The number of para-hydroxylation sites is 2. The maximum absolute atomic E-state index is 14.4. The maximum atomic E-state index is 14.4. The number of hydrogen-bond acceptors (Lipinski definition) is 2. The van der Waals surface area contributed by atoms with Crippen LogP contribution in [-0.2, 0) is 11.3 Å². The van der Waals surface area contributed by atoms with Crippen LogP contribution in [0.5, 0.6) is 0 Å². The molecule has 1 fully saturated rings. The summed E-state index contributed by atoms with van der Waals surface area (Å²) in [4.78, 5) is 19.7. The molecule has 4 nitrogen and oxygen atoms in total. The summed E-state index contributed by atoms with van der Waals surface area (Å²) < 4.78 is 16.5. The summed E-state index contributed by atoms with van der Waals surface area (Å²) in [5, 5.41) is 0. The molecule has 3 aromatic carbocycles. The lowest BCUT2D eigenvalue weighted by atomic mass is 10.1. The van der Waals surface area contributed by atoms with Crippen LogP contribution in [0.25, 0.3) is 11.0 Å². The number of halogens is 1. The zero-order chi connectivity index (χ0) is 21.5. The zero-order valence-electron chi connectivity index (χ0n) is 17.7. The predicted molar refractivity (Wildman–Crippen MR) is 121 cm³/mol. The fraction of sp³-hybridized carbons (Fsp3) is 0.231. The number of aromatic nitrogens is 2. The second kappa shape index (κ2) is 7.65. The molecule has 0 unspecified atom stereocenters. The molecule has 0 N–H and O–H groups in total. The topological polar surface area (TPSA) is 38.1 Å². The molecule has 1 amide bonds. The van der Waals surface area contributed by atoms with E-state index < -0.39 is 0 Å². The van der Waals surface area contributed by atoms with Gasteiger partial charge in [0, 0.05) is 30.1 Å². The molecule has 1 saturated heterocycles. The molecule has 5 heteroatoms. The Kier molecular flexibility index (Phi) is 4.81. The Morgan fingerprint density at radius 3 is 2.48 bits per heavy atom. The predicted octanol–water partition coefficient (Wildman–Crippen LogP) is 5.36. The van der Waals surface area contributed by atoms with Crippen LogP contribution in [0.4, 0.5) is 10.1 Å². The van der Waals surface area contributed by atoms with Gasteiger partial charge in [0.05, 0.1) is 17.6 Å². The van der Waals surface area contributed by atoms with Gasteiger partial charge in [0.15, 0.2) is 0 Å². The van der Waals surface area contributed by atoms with E-state index in [4.69, 9.17) is 4.98 Å². The fourth-order valence-corrected chi connectivity index (χ4v) is 4.61. The highest BCUT2D eigenvalue weighted by Crippen LogP contribution is 2.34. The van der Waals surface area contributed by atoms with E-state index in [1.807, 2.05) is 49.1 Å². The highest BCUT2D eigenvalue weighted by atomic mass is 19.1. The second-order valence-corrected chi connectivity index (χ2v) is 8.39. The number of aryl methyl sites for hydroxylation is 2. The fourth-order valence-electron chi connectivity index (χ4n) is 4.61. The van der Waals surface area contributed by atoms with Gasteiger partial charge in [-0.2, -0.15) is 0 Å². The molecule has 0 saturated carbocycles. The van der Waals surface area contributed by atoms with Crippen LogP contribution in [0.15, 0.2) is 66.7 Å². The smallest absolute Gasteiger partial charge is 0.227 e. The summed E-state index contributed by atoms with van der Waals surface area (Å²) in [6.07, 6.45) is 0.396. The summed E-state index contributed by atoms with van der Waals surface area (Å²) in [5.74, 6) is 0.655. The molecule has 1 aliphatic heterocycles. The SMILES string of the molecule is Cc1cc(C)cc(N2C[C@@H](c3nc4ccccc4n3Cc3ccccc3F)CC2=O)c1. The number of rotatable bonds is 4. The van der Waals surface area contributed by atoms with Crippen LogP contribution in [0.2, 0.25) is 0 Å². The first-order valence-electron chi connectivity index (χ1n) is 10.6. The van der Waals surface area contributed by atoms with Gasteiger partial charge in [0.2, 0.25) is 5.91 Å². The van der Waals surface area contributed by atoms with Crippen LogP contribution in [0, 0.1) is 19.7 Å². The molecular formula is C26H24FN3O. The first-order chi connectivity index (χ1) is 15.0. The Labute approximate surface area is 181 Å². The van der Waals surface area contributed by atoms with Crippen molar-refractivity contribution in [2.75, 3.05) is 11.4 Å². The van der Waals surface area contributed by atoms with Crippen molar-refractivity contribution in [2.24, 2.45) is 0 Å². The zero-order valence-corrected chi connectivity index (χ0v) is 17.7. The van der Waals surface area contributed by atoms with E-state index in [0.717, 1.165) is 33.7 Å². The maximum Gasteiger partial charge on any atom is 0.227 e. The van der Waals surface area contributed by atoms with E-state index in [1.54, 1.807) is 12.1 Å². The van der Waals surface area contributed by atoms with Gasteiger partial charge in [0.25, 0.3) is 0 Å². The molecule has 1 atom stereocenters. The Hall–Kier alpha value is -3.47. The standard InChI is InChI=1S/C26H24FN3O/c1-17-11-18(2)13-21(12-17)29-16-20(14-25(29)31)26-28-23-9-5-6-10-24(23)30(26)15-19-7-3-4-8-22(19)27/h3-13,20H,14-16H2,1-2H3/t20-/m0/s1. The molecule has 1 aromatic heterocycles. The molecular weight excluding hydrogens is 389 g/mol. The van der Waals surface area contributed by atoms with E-state index >= 15 is 0 Å². The first kappa shape index (κ1) is 19.5. The molecule has 0 bridgehead atoms. The second-order valence-electron chi connectivity index (χ2n) is 8.39. The van der Waals surface area contributed by atoms with Crippen molar-refractivity contribution >= 4 is 22.6 Å². The van der Waals surface area contributed by atoms with Crippen LogP contribution in [0.1, 0.15) is 34.9 Å². The molecule has 31 heavy (non-hydrogen) atoms. The van der Waals surface area contributed by atoms with Crippen LogP contribution in [0.3, 0.4) is 0 Å². The summed E-state index contributed by atoms with van der Waals surface area (Å²) in [6, 6.07) is 20.9. The minimum absolute atomic E-state index is 0.0486. The monoisotopic (exact) mass is 413 g/mol. The van der Waals surface area contributed by atoms with Crippen LogP contribution in [-0.4, -0.2) is 22.0 Å². The number of anilines is 1. The van der Waals surface area contributed by atoms with Gasteiger partial charge in [-0.3, -0.25) is 4.79 Å². The average Bonchev–Trinajstić information content (AvgIpc) is 3.30. The van der Waals surface area contributed by atoms with Crippen LogP contribution >= 0.6 is 0 Å². The van der Waals surface area contributed by atoms with Crippen molar-refractivity contribution in [1.82, 2.24) is 9.55 Å². The Morgan fingerprint density at radius 1 is 1.00 bits per heavy atom. The summed E-state index contributed by atoms with van der Waals surface area (Å²) in [7, 11) is 0. The third kappa shape index (κ3) is 3.61. The van der Waals surface area contributed by atoms with Gasteiger partial charge < -0.3 is 9.47 Å². The van der Waals surface area contributed by atoms with Gasteiger partial charge in [-0.25, -0.2) is 9.37 Å². The lowest BCUT2D eigenvalue weighted by Crippen LogP contribution is -2.24. The van der Waals surface area contributed by atoms with Gasteiger partial charge in [0.1, 0.15) is 11.6 Å². The van der Waals surface area contributed by atoms with E-state index in [-0.39, 0.29) is 17.6 Å². The number of imidazole rings is 1. The number of hydrogen-bond donors (Lipinski definition) is 0. The van der Waals surface area contributed by atoms with Crippen LogP contribution < -0.4 is 4.90 Å². The molecule has 2 heterocycles. The Balaban J connectivity index is 1.54. The van der Waals surface area contributed by atoms with Crippen molar-refractivity contribution in [3.63, 3.8) is 0 Å². The molecule has 5 rings (SSSR count).